The Labute approximate surface area is 86.5 Å². The monoisotopic (exact) mass is 206 g/mol. The van der Waals surface area contributed by atoms with Crippen LogP contribution in [-0.4, -0.2) is 15.0 Å². The molecule has 0 bridgehead atoms. The van der Waals surface area contributed by atoms with E-state index in [1.807, 2.05) is 24.3 Å². The average Bonchev–Trinajstić information content (AvgIpc) is 2.78. The summed E-state index contributed by atoms with van der Waals surface area (Å²) in [7, 11) is 0. The second-order valence-electron chi connectivity index (χ2n) is 3.16. The molecule has 0 amide bonds. The van der Waals surface area contributed by atoms with Crippen LogP contribution in [0.15, 0.2) is 30.5 Å². The van der Waals surface area contributed by atoms with E-state index in [2.05, 4.69) is 10.3 Å². The van der Waals surface area contributed by atoms with E-state index in [-0.39, 0.29) is 0 Å². The van der Waals surface area contributed by atoms with Crippen LogP contribution in [0.3, 0.4) is 0 Å². The number of halogens is 1. The third-order valence-electron chi connectivity index (χ3n) is 2.09. The Morgan fingerprint density at radius 2 is 2.27 bits per heavy atom. The summed E-state index contributed by atoms with van der Waals surface area (Å²) in [4.78, 5) is 0. The van der Waals surface area contributed by atoms with Gasteiger partial charge in [0, 0.05) is 6.54 Å². The lowest BCUT2D eigenvalue weighted by molar-refractivity contribution is 0.475. The minimum absolute atomic E-state index is 0.327. The molecule has 0 saturated heterocycles. The SMILES string of the molecule is NCc1cccc(-n2cc(CF)nn2)c1. The fourth-order valence-corrected chi connectivity index (χ4v) is 1.31. The lowest BCUT2D eigenvalue weighted by Crippen LogP contribution is -1.99. The molecule has 78 valence electrons. The molecule has 0 aliphatic carbocycles. The molecular formula is C10H11FN4. The van der Waals surface area contributed by atoms with Gasteiger partial charge in [-0.05, 0) is 17.7 Å². The van der Waals surface area contributed by atoms with E-state index in [0.29, 0.717) is 12.2 Å². The molecule has 4 nitrogen and oxygen atoms in total. The van der Waals surface area contributed by atoms with Crippen LogP contribution < -0.4 is 5.73 Å². The Balaban J connectivity index is 2.35. The molecule has 0 radical (unpaired) electrons. The Morgan fingerprint density at radius 1 is 1.40 bits per heavy atom. The zero-order valence-electron chi connectivity index (χ0n) is 8.10. The average molecular weight is 206 g/mol. The molecule has 15 heavy (non-hydrogen) atoms. The summed E-state index contributed by atoms with van der Waals surface area (Å²) in [6.07, 6.45) is 1.57. The second kappa shape index (κ2) is 4.18. The second-order valence-corrected chi connectivity index (χ2v) is 3.16. The molecule has 0 spiro atoms. The van der Waals surface area contributed by atoms with Gasteiger partial charge in [0.2, 0.25) is 0 Å². The maximum atomic E-state index is 12.3. The predicted molar refractivity (Wildman–Crippen MR) is 54.1 cm³/mol. The lowest BCUT2D eigenvalue weighted by Gasteiger charge is -2.01. The van der Waals surface area contributed by atoms with Gasteiger partial charge in [0.15, 0.2) is 0 Å². The third kappa shape index (κ3) is 2.02. The van der Waals surface area contributed by atoms with E-state index in [4.69, 9.17) is 5.73 Å². The highest BCUT2D eigenvalue weighted by Crippen LogP contribution is 2.09. The van der Waals surface area contributed by atoms with E-state index in [1.165, 1.54) is 4.68 Å². The van der Waals surface area contributed by atoms with Crippen molar-refractivity contribution >= 4 is 0 Å². The molecule has 0 aliphatic heterocycles. The van der Waals surface area contributed by atoms with E-state index in [9.17, 15) is 4.39 Å². The molecular weight excluding hydrogens is 195 g/mol. The minimum atomic E-state index is -0.601. The van der Waals surface area contributed by atoms with Crippen molar-refractivity contribution in [1.82, 2.24) is 15.0 Å². The molecule has 5 heteroatoms. The highest BCUT2D eigenvalue weighted by atomic mass is 19.1. The van der Waals surface area contributed by atoms with Gasteiger partial charge in [-0.1, -0.05) is 17.3 Å². The molecule has 2 N–H and O–H groups in total. The normalized spacial score (nSPS) is 10.5. The van der Waals surface area contributed by atoms with E-state index < -0.39 is 6.67 Å². The summed E-state index contributed by atoms with van der Waals surface area (Å²) in [6, 6.07) is 7.58. The molecule has 0 aliphatic rings. The first-order chi connectivity index (χ1) is 7.33. The van der Waals surface area contributed by atoms with Crippen molar-refractivity contribution in [2.45, 2.75) is 13.2 Å². The summed E-state index contributed by atoms with van der Waals surface area (Å²) in [5.74, 6) is 0. The number of benzene rings is 1. The number of hydrogen-bond acceptors (Lipinski definition) is 3. The Hall–Kier alpha value is -1.75. The predicted octanol–water partition coefficient (Wildman–Crippen LogP) is 1.20. The number of alkyl halides is 1. The van der Waals surface area contributed by atoms with E-state index >= 15 is 0 Å². The summed E-state index contributed by atoms with van der Waals surface area (Å²) in [6.45, 7) is -0.130. The standard InChI is InChI=1S/C10H11FN4/c11-5-9-7-15(14-13-9)10-3-1-2-8(4-10)6-12/h1-4,7H,5-6,12H2. The Morgan fingerprint density at radius 3 is 2.93 bits per heavy atom. The molecule has 1 aromatic carbocycles. The molecule has 1 heterocycles. The van der Waals surface area contributed by atoms with E-state index in [0.717, 1.165) is 11.3 Å². The first kappa shape index (κ1) is 9.79. The summed E-state index contributed by atoms with van der Waals surface area (Å²) >= 11 is 0. The molecule has 0 fully saturated rings. The van der Waals surface area contributed by atoms with Gasteiger partial charge in [0.05, 0.1) is 11.9 Å². The van der Waals surface area contributed by atoms with Crippen LogP contribution in [0.4, 0.5) is 4.39 Å². The van der Waals surface area contributed by atoms with Gasteiger partial charge in [0.25, 0.3) is 0 Å². The summed E-state index contributed by atoms with van der Waals surface area (Å²) in [5.41, 5.74) is 7.69. The highest BCUT2D eigenvalue weighted by Gasteiger charge is 2.02. The van der Waals surface area contributed by atoms with Gasteiger partial charge in [-0.2, -0.15) is 0 Å². The van der Waals surface area contributed by atoms with Crippen LogP contribution in [0, 0.1) is 0 Å². The van der Waals surface area contributed by atoms with Crippen LogP contribution >= 0.6 is 0 Å². The van der Waals surface area contributed by atoms with Gasteiger partial charge in [-0.3, -0.25) is 0 Å². The van der Waals surface area contributed by atoms with Crippen LogP contribution in [0.1, 0.15) is 11.3 Å². The maximum Gasteiger partial charge on any atom is 0.135 e. The molecule has 0 saturated carbocycles. The fraction of sp³-hybridized carbons (Fsp3) is 0.200. The molecule has 0 atom stereocenters. The molecule has 1 aromatic heterocycles. The summed E-state index contributed by atoms with van der Waals surface area (Å²) < 4.78 is 13.8. The summed E-state index contributed by atoms with van der Waals surface area (Å²) in [5, 5.41) is 7.49. The number of hydrogen-bond donors (Lipinski definition) is 1. The van der Waals surface area contributed by atoms with Crippen molar-refractivity contribution in [2.24, 2.45) is 5.73 Å². The van der Waals surface area contributed by atoms with Gasteiger partial charge in [-0.15, -0.1) is 5.10 Å². The quantitative estimate of drug-likeness (QED) is 0.820. The first-order valence-electron chi connectivity index (χ1n) is 4.60. The van der Waals surface area contributed by atoms with Crippen molar-refractivity contribution in [1.29, 1.82) is 0 Å². The lowest BCUT2D eigenvalue weighted by atomic mass is 10.2. The number of nitrogens with zero attached hydrogens (tertiary/aromatic N) is 3. The van der Waals surface area contributed by atoms with Crippen LogP contribution in [0.2, 0.25) is 0 Å². The minimum Gasteiger partial charge on any atom is -0.326 e. The van der Waals surface area contributed by atoms with Gasteiger partial charge >= 0.3 is 0 Å². The van der Waals surface area contributed by atoms with Gasteiger partial charge < -0.3 is 5.73 Å². The largest absolute Gasteiger partial charge is 0.326 e. The van der Waals surface area contributed by atoms with Crippen LogP contribution in [0.5, 0.6) is 0 Å². The Kier molecular flexibility index (Phi) is 2.73. The number of nitrogens with two attached hydrogens (primary N) is 1. The Bertz CT molecular complexity index is 452. The number of aromatic nitrogens is 3. The third-order valence-corrected chi connectivity index (χ3v) is 2.09. The van der Waals surface area contributed by atoms with Crippen molar-refractivity contribution in [3.8, 4) is 5.69 Å². The van der Waals surface area contributed by atoms with Crippen molar-refractivity contribution in [3.63, 3.8) is 0 Å². The first-order valence-corrected chi connectivity index (χ1v) is 4.60. The molecule has 0 unspecified atom stereocenters. The van der Waals surface area contributed by atoms with Gasteiger partial charge in [-0.25, -0.2) is 9.07 Å². The van der Waals surface area contributed by atoms with E-state index in [1.54, 1.807) is 6.20 Å². The smallest absolute Gasteiger partial charge is 0.135 e. The zero-order valence-corrected chi connectivity index (χ0v) is 8.10. The zero-order chi connectivity index (χ0) is 10.7. The van der Waals surface area contributed by atoms with Crippen LogP contribution in [0.25, 0.3) is 5.69 Å². The number of rotatable bonds is 3. The highest BCUT2D eigenvalue weighted by molar-refractivity contribution is 5.34. The van der Waals surface area contributed by atoms with Crippen molar-refractivity contribution < 1.29 is 4.39 Å². The van der Waals surface area contributed by atoms with Gasteiger partial charge in [0.1, 0.15) is 12.4 Å². The maximum absolute atomic E-state index is 12.3. The van der Waals surface area contributed by atoms with Crippen LogP contribution in [-0.2, 0) is 13.2 Å². The van der Waals surface area contributed by atoms with Crippen molar-refractivity contribution in [2.75, 3.05) is 0 Å². The molecule has 2 rings (SSSR count). The molecule has 2 aromatic rings. The fourth-order valence-electron chi connectivity index (χ4n) is 1.31. The topological polar surface area (TPSA) is 56.7 Å². The van der Waals surface area contributed by atoms with Crippen molar-refractivity contribution in [3.05, 3.63) is 41.7 Å².